The van der Waals surface area contributed by atoms with Crippen LogP contribution in [-0.4, -0.2) is 40.5 Å². The van der Waals surface area contributed by atoms with E-state index in [0.29, 0.717) is 11.8 Å². The highest BCUT2D eigenvalue weighted by molar-refractivity contribution is 6.05. The molecule has 0 bridgehead atoms. The molecule has 1 aromatic heterocycles. The predicted octanol–water partition coefficient (Wildman–Crippen LogP) is 6.05. The number of aromatic hydroxyl groups is 3. The fourth-order valence-corrected chi connectivity index (χ4v) is 5.24. The Labute approximate surface area is 256 Å². The van der Waals surface area contributed by atoms with Crippen molar-refractivity contribution in [3.63, 3.8) is 0 Å². The number of fused-ring (bicyclic) bond motifs is 1. The zero-order chi connectivity index (χ0) is 32.4. The second-order valence-electron chi connectivity index (χ2n) is 10.3. The number of ether oxygens (including phenoxy) is 2. The maximum Gasteiger partial charge on any atom is 0.343 e. The van der Waals surface area contributed by atoms with Crippen LogP contribution in [0.5, 0.6) is 28.7 Å². The van der Waals surface area contributed by atoms with Gasteiger partial charge in [0.05, 0.1) is 18.2 Å². The Balaban J connectivity index is 1.69. The Morgan fingerprint density at radius 1 is 0.867 bits per heavy atom. The highest BCUT2D eigenvalue weighted by Crippen LogP contribution is 2.44. The number of phenols is 3. The zero-order valence-electron chi connectivity index (χ0n) is 24.5. The topological polar surface area (TPSA) is 161 Å². The van der Waals surface area contributed by atoms with E-state index in [-0.39, 0.29) is 62.5 Å². The minimum atomic E-state index is -0.764. The van der Waals surface area contributed by atoms with Gasteiger partial charge in [-0.3, -0.25) is 14.4 Å². The lowest BCUT2D eigenvalue weighted by atomic mass is 9.94. The number of rotatable bonds is 9. The van der Waals surface area contributed by atoms with Crippen molar-refractivity contribution >= 4 is 29.0 Å². The Bertz CT molecular complexity index is 2030. The first kappa shape index (κ1) is 30.6. The maximum absolute atomic E-state index is 13.6. The molecule has 0 aliphatic heterocycles. The van der Waals surface area contributed by atoms with Crippen LogP contribution in [0.4, 0.5) is 0 Å². The van der Waals surface area contributed by atoms with Crippen molar-refractivity contribution in [2.24, 2.45) is 0 Å². The predicted molar refractivity (Wildman–Crippen MR) is 165 cm³/mol. The van der Waals surface area contributed by atoms with Crippen LogP contribution in [0.15, 0.2) is 75.9 Å². The Hall–Kier alpha value is -5.90. The van der Waals surface area contributed by atoms with Gasteiger partial charge in [0.25, 0.3) is 0 Å². The highest BCUT2D eigenvalue weighted by atomic mass is 16.5. The lowest BCUT2D eigenvalue weighted by Crippen LogP contribution is -2.14. The average molecular weight is 609 g/mol. The number of carbonyl (C=O) groups is 3. The van der Waals surface area contributed by atoms with Crippen LogP contribution >= 0.6 is 0 Å². The second-order valence-corrected chi connectivity index (χ2v) is 10.3. The van der Waals surface area contributed by atoms with E-state index in [0.717, 1.165) is 0 Å². The fourth-order valence-electron chi connectivity index (χ4n) is 5.24. The monoisotopic (exact) mass is 608 g/mol. The highest BCUT2D eigenvalue weighted by Gasteiger charge is 2.29. The number of esters is 1. The summed E-state index contributed by atoms with van der Waals surface area (Å²) in [7, 11) is 1.25. The number of ketones is 1. The molecule has 0 fully saturated rings. The maximum atomic E-state index is 13.6. The van der Waals surface area contributed by atoms with E-state index in [9.17, 15) is 34.5 Å². The minimum absolute atomic E-state index is 0.0585. The SMILES string of the molecule is COc1c(C)c(O)c(C(=O)CCc2c(OC(=O)c3ccccc3)c(C)c(O)c3c(=O)cc(-c4ccccc4)oc23)c(O)c1C=O. The molecule has 5 aromatic rings. The number of aryl methyl sites for hydroxylation is 1. The molecule has 0 atom stereocenters. The molecule has 10 heteroatoms. The number of hydrogen-bond donors (Lipinski definition) is 3. The molecule has 0 radical (unpaired) electrons. The van der Waals surface area contributed by atoms with Crippen molar-refractivity contribution in [2.75, 3.05) is 7.11 Å². The van der Waals surface area contributed by atoms with Crippen LogP contribution in [0.2, 0.25) is 0 Å². The minimum Gasteiger partial charge on any atom is -0.507 e. The van der Waals surface area contributed by atoms with Gasteiger partial charge in [0.15, 0.2) is 17.5 Å². The molecule has 0 saturated heterocycles. The van der Waals surface area contributed by atoms with Crippen molar-refractivity contribution in [1.82, 2.24) is 0 Å². The lowest BCUT2D eigenvalue weighted by molar-refractivity contribution is 0.0731. The fraction of sp³-hybridized carbons (Fsp3) is 0.143. The molecule has 1 heterocycles. The van der Waals surface area contributed by atoms with Crippen LogP contribution in [0.1, 0.15) is 54.2 Å². The van der Waals surface area contributed by atoms with E-state index in [4.69, 9.17) is 13.9 Å². The normalized spacial score (nSPS) is 10.9. The summed E-state index contributed by atoms with van der Waals surface area (Å²) in [6, 6.07) is 18.1. The summed E-state index contributed by atoms with van der Waals surface area (Å²) in [5.74, 6) is -3.34. The van der Waals surface area contributed by atoms with Gasteiger partial charge in [-0.05, 0) is 32.4 Å². The van der Waals surface area contributed by atoms with Gasteiger partial charge in [0.1, 0.15) is 51.0 Å². The van der Waals surface area contributed by atoms with E-state index < -0.39 is 46.4 Å². The molecule has 0 spiro atoms. The molecule has 5 rings (SSSR count). The van der Waals surface area contributed by atoms with E-state index in [2.05, 4.69) is 0 Å². The van der Waals surface area contributed by atoms with Crippen molar-refractivity contribution in [3.05, 3.63) is 110 Å². The summed E-state index contributed by atoms with van der Waals surface area (Å²) in [4.78, 5) is 51.8. The smallest absolute Gasteiger partial charge is 0.343 e. The molecule has 0 amide bonds. The number of benzene rings is 4. The van der Waals surface area contributed by atoms with Crippen LogP contribution in [-0.2, 0) is 6.42 Å². The third-order valence-corrected chi connectivity index (χ3v) is 7.56. The van der Waals surface area contributed by atoms with E-state index in [1.807, 2.05) is 0 Å². The van der Waals surface area contributed by atoms with Crippen LogP contribution < -0.4 is 14.9 Å². The summed E-state index contributed by atoms with van der Waals surface area (Å²) in [6.07, 6.45) is -0.315. The summed E-state index contributed by atoms with van der Waals surface area (Å²) >= 11 is 0. The van der Waals surface area contributed by atoms with Gasteiger partial charge in [-0.15, -0.1) is 0 Å². The lowest BCUT2D eigenvalue weighted by Gasteiger charge is -2.18. The molecule has 228 valence electrons. The first-order valence-corrected chi connectivity index (χ1v) is 13.8. The summed E-state index contributed by atoms with van der Waals surface area (Å²) in [6.45, 7) is 2.88. The molecule has 0 aliphatic rings. The van der Waals surface area contributed by atoms with Crippen LogP contribution in [0.3, 0.4) is 0 Å². The molecular formula is C35H28O10. The molecule has 4 aromatic carbocycles. The van der Waals surface area contributed by atoms with Crippen molar-refractivity contribution in [2.45, 2.75) is 26.7 Å². The quantitative estimate of drug-likeness (QED) is 0.0778. The molecule has 0 aliphatic carbocycles. The Morgan fingerprint density at radius 2 is 1.49 bits per heavy atom. The van der Waals surface area contributed by atoms with Crippen molar-refractivity contribution in [3.8, 4) is 40.1 Å². The molecule has 45 heavy (non-hydrogen) atoms. The van der Waals surface area contributed by atoms with Crippen molar-refractivity contribution in [1.29, 1.82) is 0 Å². The first-order valence-electron chi connectivity index (χ1n) is 13.8. The molecule has 10 nitrogen and oxygen atoms in total. The van der Waals surface area contributed by atoms with Gasteiger partial charge in [-0.1, -0.05) is 48.5 Å². The third-order valence-electron chi connectivity index (χ3n) is 7.56. The molecule has 0 unspecified atom stereocenters. The Kier molecular flexibility index (Phi) is 8.40. The van der Waals surface area contributed by atoms with E-state index >= 15 is 0 Å². The number of aldehydes is 1. The third kappa shape index (κ3) is 5.49. The molecule has 3 N–H and O–H groups in total. The number of carbonyl (C=O) groups excluding carboxylic acids is 3. The summed E-state index contributed by atoms with van der Waals surface area (Å²) in [5, 5.41) is 32.5. The van der Waals surface area contributed by atoms with Gasteiger partial charge < -0.3 is 29.2 Å². The number of phenolic OH excluding ortho intramolecular Hbond substituents is 3. The number of Topliss-reactive ketones (excluding diaryl/α,β-unsaturated/α-hetero) is 1. The standard InChI is InChI=1S/C35H28O10/c1-18-29(39)27(31(41)23(17-36)32(18)43-3)24(37)15-14-22-33(45-35(42)21-12-8-5-9-13-21)19(2)30(40)28-25(38)16-26(44-34(22)28)20-10-6-4-7-11-20/h4-13,16-17,39-41H,14-15H2,1-3H3. The van der Waals surface area contributed by atoms with E-state index in [1.54, 1.807) is 48.5 Å². The molecule has 0 saturated carbocycles. The van der Waals surface area contributed by atoms with Crippen LogP contribution in [0.25, 0.3) is 22.3 Å². The van der Waals surface area contributed by atoms with Gasteiger partial charge in [-0.2, -0.15) is 0 Å². The zero-order valence-corrected chi connectivity index (χ0v) is 24.5. The van der Waals surface area contributed by atoms with E-state index in [1.165, 1.54) is 39.2 Å². The first-order chi connectivity index (χ1) is 21.6. The summed E-state index contributed by atoms with van der Waals surface area (Å²) in [5.41, 5.74) is -0.461. The summed E-state index contributed by atoms with van der Waals surface area (Å²) < 4.78 is 17.1. The molecular weight excluding hydrogens is 580 g/mol. The average Bonchev–Trinajstić information content (AvgIpc) is 3.05. The Morgan fingerprint density at radius 3 is 2.11 bits per heavy atom. The van der Waals surface area contributed by atoms with Gasteiger partial charge >= 0.3 is 5.97 Å². The van der Waals surface area contributed by atoms with Gasteiger partial charge in [0.2, 0.25) is 0 Å². The second kappa shape index (κ2) is 12.4. The number of methoxy groups -OCH3 is 1. The largest absolute Gasteiger partial charge is 0.507 e. The van der Waals surface area contributed by atoms with Crippen LogP contribution in [0, 0.1) is 13.8 Å². The van der Waals surface area contributed by atoms with Gasteiger partial charge in [-0.25, -0.2) is 4.79 Å². The van der Waals surface area contributed by atoms with Crippen molar-refractivity contribution < 1.29 is 43.6 Å². The van der Waals surface area contributed by atoms with Gasteiger partial charge in [0, 0.05) is 34.7 Å². The number of hydrogen-bond acceptors (Lipinski definition) is 10.